The third kappa shape index (κ3) is 3.08. The van der Waals surface area contributed by atoms with Gasteiger partial charge < -0.3 is 10.6 Å². The molecular weight excluding hydrogens is 264 g/mol. The number of amides is 1. The minimum absolute atomic E-state index is 0.0574. The zero-order valence-corrected chi connectivity index (χ0v) is 10.6. The topological polar surface area (TPSA) is 46.3 Å². The molecule has 0 radical (unpaired) electrons. The summed E-state index contributed by atoms with van der Waals surface area (Å²) < 4.78 is 1.04. The van der Waals surface area contributed by atoms with Crippen molar-refractivity contribution in [2.45, 2.75) is 12.5 Å². The van der Waals surface area contributed by atoms with Gasteiger partial charge in [-0.3, -0.25) is 4.79 Å². The van der Waals surface area contributed by atoms with Gasteiger partial charge in [-0.25, -0.2) is 0 Å². The van der Waals surface area contributed by atoms with Gasteiger partial charge in [0.1, 0.15) is 0 Å². The van der Waals surface area contributed by atoms with Crippen LogP contribution in [0.15, 0.2) is 15.9 Å². The molecule has 0 fully saturated rings. The van der Waals surface area contributed by atoms with E-state index in [0.29, 0.717) is 6.42 Å². The third-order valence-corrected chi connectivity index (χ3v) is 3.61. The van der Waals surface area contributed by atoms with Crippen LogP contribution in [0.4, 0.5) is 0 Å². The Morgan fingerprint density at radius 1 is 1.64 bits per heavy atom. The summed E-state index contributed by atoms with van der Waals surface area (Å²) in [5.74, 6) is 0.0574. The van der Waals surface area contributed by atoms with Gasteiger partial charge >= 0.3 is 0 Å². The van der Waals surface area contributed by atoms with Crippen LogP contribution in [0, 0.1) is 0 Å². The standard InChI is InChI=1S/C9H13BrN2OS/c1-12(2)9(13)5-6(11)7-3-4-8(10)14-7/h3-4,6H,5,11H2,1-2H3. The molecule has 78 valence electrons. The van der Waals surface area contributed by atoms with E-state index in [4.69, 9.17) is 5.73 Å². The molecule has 5 heteroatoms. The van der Waals surface area contributed by atoms with Crippen LogP contribution in [-0.4, -0.2) is 24.9 Å². The van der Waals surface area contributed by atoms with Gasteiger partial charge in [0.15, 0.2) is 0 Å². The molecule has 2 N–H and O–H groups in total. The average molecular weight is 277 g/mol. The van der Waals surface area contributed by atoms with Gasteiger partial charge in [0.05, 0.1) is 3.79 Å². The monoisotopic (exact) mass is 276 g/mol. The van der Waals surface area contributed by atoms with Crippen LogP contribution in [0.3, 0.4) is 0 Å². The largest absolute Gasteiger partial charge is 0.349 e. The first-order valence-electron chi connectivity index (χ1n) is 4.21. The number of carbonyl (C=O) groups is 1. The minimum Gasteiger partial charge on any atom is -0.349 e. The van der Waals surface area contributed by atoms with E-state index in [1.807, 2.05) is 12.1 Å². The van der Waals surface area contributed by atoms with Crippen LogP contribution in [0.25, 0.3) is 0 Å². The van der Waals surface area contributed by atoms with E-state index in [-0.39, 0.29) is 11.9 Å². The first-order valence-corrected chi connectivity index (χ1v) is 5.82. The molecule has 1 unspecified atom stereocenters. The highest BCUT2D eigenvalue weighted by Gasteiger charge is 2.14. The fraction of sp³-hybridized carbons (Fsp3) is 0.444. The Labute approximate surface area is 96.0 Å². The fourth-order valence-corrected chi connectivity index (χ4v) is 2.42. The molecule has 1 aromatic heterocycles. The first-order chi connectivity index (χ1) is 6.50. The van der Waals surface area contributed by atoms with Crippen molar-refractivity contribution in [2.24, 2.45) is 5.73 Å². The average Bonchev–Trinajstić information content (AvgIpc) is 2.51. The van der Waals surface area contributed by atoms with E-state index in [1.54, 1.807) is 30.3 Å². The van der Waals surface area contributed by atoms with Crippen LogP contribution in [0.5, 0.6) is 0 Å². The smallest absolute Gasteiger partial charge is 0.223 e. The summed E-state index contributed by atoms with van der Waals surface area (Å²) in [6, 6.07) is 3.70. The quantitative estimate of drug-likeness (QED) is 0.918. The van der Waals surface area contributed by atoms with Gasteiger partial charge in [-0.15, -0.1) is 11.3 Å². The molecule has 1 atom stereocenters. The van der Waals surface area contributed by atoms with Crippen molar-refractivity contribution in [1.29, 1.82) is 0 Å². The Morgan fingerprint density at radius 2 is 2.29 bits per heavy atom. The van der Waals surface area contributed by atoms with Crippen molar-refractivity contribution < 1.29 is 4.79 Å². The number of carbonyl (C=O) groups excluding carboxylic acids is 1. The van der Waals surface area contributed by atoms with Gasteiger partial charge in [0.25, 0.3) is 0 Å². The van der Waals surface area contributed by atoms with Crippen molar-refractivity contribution >= 4 is 33.2 Å². The third-order valence-electron chi connectivity index (χ3n) is 1.85. The molecule has 0 saturated carbocycles. The van der Waals surface area contributed by atoms with E-state index < -0.39 is 0 Å². The normalized spacial score (nSPS) is 12.6. The van der Waals surface area contributed by atoms with Crippen molar-refractivity contribution in [1.82, 2.24) is 4.90 Å². The summed E-state index contributed by atoms with van der Waals surface area (Å²) in [7, 11) is 3.47. The highest BCUT2D eigenvalue weighted by molar-refractivity contribution is 9.11. The van der Waals surface area contributed by atoms with Crippen LogP contribution < -0.4 is 5.73 Å². The Hall–Kier alpha value is -0.390. The fourth-order valence-electron chi connectivity index (χ4n) is 0.999. The SMILES string of the molecule is CN(C)C(=O)CC(N)c1ccc(Br)s1. The molecule has 0 saturated heterocycles. The second-order valence-electron chi connectivity index (χ2n) is 3.24. The predicted molar refractivity (Wildman–Crippen MR) is 62.3 cm³/mol. The molecule has 0 bridgehead atoms. The molecule has 1 aromatic rings. The van der Waals surface area contributed by atoms with Gasteiger partial charge in [-0.2, -0.15) is 0 Å². The summed E-state index contributed by atoms with van der Waals surface area (Å²) in [6.07, 6.45) is 0.361. The van der Waals surface area contributed by atoms with Gasteiger partial charge in [-0.05, 0) is 28.1 Å². The van der Waals surface area contributed by atoms with E-state index >= 15 is 0 Å². The molecule has 0 aromatic carbocycles. The highest BCUT2D eigenvalue weighted by Crippen LogP contribution is 2.27. The number of hydrogen-bond donors (Lipinski definition) is 1. The highest BCUT2D eigenvalue weighted by atomic mass is 79.9. The Bertz CT molecular complexity index is 324. The van der Waals surface area contributed by atoms with E-state index in [1.165, 1.54) is 0 Å². The number of nitrogens with zero attached hydrogens (tertiary/aromatic N) is 1. The number of hydrogen-bond acceptors (Lipinski definition) is 3. The van der Waals surface area contributed by atoms with Crippen LogP contribution in [0.2, 0.25) is 0 Å². The molecule has 1 rings (SSSR count). The summed E-state index contributed by atoms with van der Waals surface area (Å²) in [6.45, 7) is 0. The number of nitrogens with two attached hydrogens (primary N) is 1. The number of halogens is 1. The number of thiophene rings is 1. The van der Waals surface area contributed by atoms with Crippen molar-refractivity contribution in [3.63, 3.8) is 0 Å². The zero-order valence-electron chi connectivity index (χ0n) is 8.16. The molecular formula is C9H13BrN2OS. The zero-order chi connectivity index (χ0) is 10.7. The van der Waals surface area contributed by atoms with E-state index in [0.717, 1.165) is 8.66 Å². The van der Waals surface area contributed by atoms with Gasteiger partial charge in [0.2, 0.25) is 5.91 Å². The Kier molecular flexibility index (Phi) is 4.10. The minimum atomic E-state index is -0.193. The lowest BCUT2D eigenvalue weighted by Gasteiger charge is -2.13. The van der Waals surface area contributed by atoms with Crippen molar-refractivity contribution in [2.75, 3.05) is 14.1 Å². The summed E-state index contributed by atoms with van der Waals surface area (Å²) in [5, 5.41) is 0. The lowest BCUT2D eigenvalue weighted by atomic mass is 10.2. The van der Waals surface area contributed by atoms with Crippen LogP contribution in [0.1, 0.15) is 17.3 Å². The summed E-state index contributed by atoms with van der Waals surface area (Å²) >= 11 is 4.93. The second kappa shape index (κ2) is 4.91. The summed E-state index contributed by atoms with van der Waals surface area (Å²) in [5.41, 5.74) is 5.89. The van der Waals surface area contributed by atoms with Crippen LogP contribution >= 0.6 is 27.3 Å². The maximum absolute atomic E-state index is 11.4. The molecule has 1 amide bonds. The van der Waals surface area contributed by atoms with E-state index in [2.05, 4.69) is 15.9 Å². The Morgan fingerprint density at radius 3 is 2.71 bits per heavy atom. The molecule has 3 nitrogen and oxygen atoms in total. The lowest BCUT2D eigenvalue weighted by Crippen LogP contribution is -2.26. The van der Waals surface area contributed by atoms with E-state index in [9.17, 15) is 4.79 Å². The molecule has 14 heavy (non-hydrogen) atoms. The molecule has 1 heterocycles. The van der Waals surface area contributed by atoms with Gasteiger partial charge in [0, 0.05) is 31.4 Å². The Balaban J connectivity index is 2.59. The summed E-state index contributed by atoms with van der Waals surface area (Å²) in [4.78, 5) is 14.0. The molecule has 0 aliphatic carbocycles. The second-order valence-corrected chi connectivity index (χ2v) is 5.74. The lowest BCUT2D eigenvalue weighted by molar-refractivity contribution is -0.129. The molecule has 0 aliphatic rings. The molecule has 0 spiro atoms. The van der Waals surface area contributed by atoms with Crippen molar-refractivity contribution in [3.05, 3.63) is 20.8 Å². The van der Waals surface area contributed by atoms with Gasteiger partial charge in [-0.1, -0.05) is 0 Å². The maximum Gasteiger partial charge on any atom is 0.223 e. The molecule has 0 aliphatic heterocycles. The number of rotatable bonds is 3. The maximum atomic E-state index is 11.4. The predicted octanol–water partition coefficient (Wildman–Crippen LogP) is 1.99. The van der Waals surface area contributed by atoms with Crippen molar-refractivity contribution in [3.8, 4) is 0 Å². The van der Waals surface area contributed by atoms with Crippen LogP contribution in [-0.2, 0) is 4.79 Å². The first kappa shape index (κ1) is 11.7.